The van der Waals surface area contributed by atoms with Gasteiger partial charge >= 0.3 is 0 Å². The van der Waals surface area contributed by atoms with Gasteiger partial charge in [0.1, 0.15) is 0 Å². The van der Waals surface area contributed by atoms with Crippen LogP contribution in [0.25, 0.3) is 0 Å². The van der Waals surface area contributed by atoms with Crippen molar-refractivity contribution in [2.24, 2.45) is 17.1 Å². The van der Waals surface area contributed by atoms with Crippen LogP contribution in [0, 0.1) is 11.3 Å². The molecule has 1 aromatic rings. The van der Waals surface area contributed by atoms with Crippen molar-refractivity contribution in [3.05, 3.63) is 35.9 Å². The van der Waals surface area contributed by atoms with Crippen molar-refractivity contribution in [3.63, 3.8) is 0 Å². The predicted octanol–water partition coefficient (Wildman–Crippen LogP) is 2.35. The first-order chi connectivity index (χ1) is 8.80. The van der Waals surface area contributed by atoms with Gasteiger partial charge < -0.3 is 11.1 Å². The molecule has 0 aliphatic carbocycles. The SMILES string of the molecule is C[C@H](CNC(=O)C(N)C(C)(C)C)Cc1ccccc1. The summed E-state index contributed by atoms with van der Waals surface area (Å²) in [7, 11) is 0. The lowest BCUT2D eigenvalue weighted by Crippen LogP contribution is -2.49. The van der Waals surface area contributed by atoms with Crippen LogP contribution < -0.4 is 11.1 Å². The fourth-order valence-corrected chi connectivity index (χ4v) is 1.87. The first-order valence-corrected chi connectivity index (χ1v) is 6.88. The molecule has 0 aromatic heterocycles. The zero-order chi connectivity index (χ0) is 14.5. The van der Waals surface area contributed by atoms with Crippen LogP contribution in [0.2, 0.25) is 0 Å². The molecule has 1 aromatic carbocycles. The molecule has 3 heteroatoms. The summed E-state index contributed by atoms with van der Waals surface area (Å²) in [5, 5.41) is 2.95. The molecule has 106 valence electrons. The Morgan fingerprint density at radius 3 is 2.37 bits per heavy atom. The van der Waals surface area contributed by atoms with Gasteiger partial charge in [-0.15, -0.1) is 0 Å². The summed E-state index contributed by atoms with van der Waals surface area (Å²) in [5.74, 6) is 0.339. The number of hydrogen-bond donors (Lipinski definition) is 2. The Kier molecular flexibility index (Phi) is 5.55. The highest BCUT2D eigenvalue weighted by Gasteiger charge is 2.27. The lowest BCUT2D eigenvalue weighted by atomic mass is 9.87. The van der Waals surface area contributed by atoms with E-state index in [0.717, 1.165) is 6.42 Å². The summed E-state index contributed by atoms with van der Waals surface area (Å²) in [5.41, 5.74) is 7.02. The highest BCUT2D eigenvalue weighted by molar-refractivity contribution is 5.82. The molecule has 1 unspecified atom stereocenters. The van der Waals surface area contributed by atoms with Gasteiger partial charge in [-0.3, -0.25) is 4.79 Å². The van der Waals surface area contributed by atoms with E-state index in [0.29, 0.717) is 12.5 Å². The minimum Gasteiger partial charge on any atom is -0.354 e. The number of rotatable bonds is 5. The van der Waals surface area contributed by atoms with Gasteiger partial charge in [0.25, 0.3) is 0 Å². The molecule has 19 heavy (non-hydrogen) atoms. The van der Waals surface area contributed by atoms with Crippen molar-refractivity contribution in [1.82, 2.24) is 5.32 Å². The predicted molar refractivity (Wildman–Crippen MR) is 79.8 cm³/mol. The molecular formula is C16H26N2O. The van der Waals surface area contributed by atoms with Gasteiger partial charge in [0.05, 0.1) is 6.04 Å². The number of benzene rings is 1. The first-order valence-electron chi connectivity index (χ1n) is 6.88. The van der Waals surface area contributed by atoms with Gasteiger partial charge in [0.15, 0.2) is 0 Å². The fraction of sp³-hybridized carbons (Fsp3) is 0.562. The van der Waals surface area contributed by atoms with E-state index in [1.54, 1.807) is 0 Å². The lowest BCUT2D eigenvalue weighted by Gasteiger charge is -2.26. The number of nitrogens with one attached hydrogen (secondary N) is 1. The normalized spacial score (nSPS) is 14.8. The third kappa shape index (κ3) is 5.43. The zero-order valence-electron chi connectivity index (χ0n) is 12.4. The van der Waals surface area contributed by atoms with Gasteiger partial charge in [-0.1, -0.05) is 58.0 Å². The molecule has 0 aliphatic heterocycles. The average molecular weight is 262 g/mol. The Labute approximate surface area is 116 Å². The Balaban J connectivity index is 2.38. The molecule has 3 N–H and O–H groups in total. The summed E-state index contributed by atoms with van der Waals surface area (Å²) in [6.07, 6.45) is 0.964. The summed E-state index contributed by atoms with van der Waals surface area (Å²) >= 11 is 0. The van der Waals surface area contributed by atoms with Crippen LogP contribution in [0.4, 0.5) is 0 Å². The van der Waals surface area contributed by atoms with Crippen molar-refractivity contribution < 1.29 is 4.79 Å². The molecule has 2 atom stereocenters. The van der Waals surface area contributed by atoms with Crippen LogP contribution >= 0.6 is 0 Å². The van der Waals surface area contributed by atoms with E-state index < -0.39 is 6.04 Å². The second-order valence-corrected chi connectivity index (χ2v) is 6.38. The smallest absolute Gasteiger partial charge is 0.237 e. The number of nitrogens with two attached hydrogens (primary N) is 1. The fourth-order valence-electron chi connectivity index (χ4n) is 1.87. The molecule has 0 heterocycles. The molecule has 1 rings (SSSR count). The third-order valence-electron chi connectivity index (χ3n) is 3.27. The minimum absolute atomic E-state index is 0.0626. The Morgan fingerprint density at radius 2 is 1.84 bits per heavy atom. The van der Waals surface area contributed by atoms with Crippen LogP contribution in [-0.2, 0) is 11.2 Å². The standard InChI is InChI=1S/C16H26N2O/c1-12(10-13-8-6-5-7-9-13)11-18-15(19)14(17)16(2,3)4/h5-9,12,14H,10-11,17H2,1-4H3,(H,18,19)/t12-,14?/m0/s1. The molecule has 0 saturated heterocycles. The van der Waals surface area contributed by atoms with Crippen LogP contribution in [0.15, 0.2) is 30.3 Å². The average Bonchev–Trinajstić information content (AvgIpc) is 2.35. The Morgan fingerprint density at radius 1 is 1.26 bits per heavy atom. The van der Waals surface area contributed by atoms with E-state index >= 15 is 0 Å². The minimum atomic E-state index is -0.462. The van der Waals surface area contributed by atoms with Crippen molar-refractivity contribution in [1.29, 1.82) is 0 Å². The molecule has 0 radical (unpaired) electrons. The highest BCUT2D eigenvalue weighted by Crippen LogP contribution is 2.17. The van der Waals surface area contributed by atoms with Gasteiger partial charge in [-0.05, 0) is 23.3 Å². The van der Waals surface area contributed by atoms with Crippen LogP contribution in [0.3, 0.4) is 0 Å². The quantitative estimate of drug-likeness (QED) is 0.856. The lowest BCUT2D eigenvalue weighted by molar-refractivity contribution is -0.124. The number of amides is 1. The van der Waals surface area contributed by atoms with E-state index in [4.69, 9.17) is 5.73 Å². The maximum atomic E-state index is 11.9. The second kappa shape index (κ2) is 6.71. The van der Waals surface area contributed by atoms with E-state index in [1.807, 2.05) is 39.0 Å². The molecule has 3 nitrogen and oxygen atoms in total. The second-order valence-electron chi connectivity index (χ2n) is 6.38. The molecular weight excluding hydrogens is 236 g/mol. The van der Waals surface area contributed by atoms with E-state index in [1.165, 1.54) is 5.56 Å². The summed E-state index contributed by atoms with van der Waals surface area (Å²) in [6, 6.07) is 9.85. The first kappa shape index (κ1) is 15.7. The maximum Gasteiger partial charge on any atom is 0.237 e. The summed E-state index contributed by atoms with van der Waals surface area (Å²) < 4.78 is 0. The van der Waals surface area contributed by atoms with E-state index in [-0.39, 0.29) is 11.3 Å². The van der Waals surface area contributed by atoms with E-state index in [2.05, 4.69) is 24.4 Å². The van der Waals surface area contributed by atoms with Crippen LogP contribution in [0.5, 0.6) is 0 Å². The third-order valence-corrected chi connectivity index (χ3v) is 3.27. The van der Waals surface area contributed by atoms with E-state index in [9.17, 15) is 4.79 Å². The van der Waals surface area contributed by atoms with Crippen molar-refractivity contribution in [2.75, 3.05) is 6.54 Å². The van der Waals surface area contributed by atoms with Crippen molar-refractivity contribution in [3.8, 4) is 0 Å². The molecule has 0 saturated carbocycles. The Hall–Kier alpha value is -1.35. The Bertz CT molecular complexity index is 395. The largest absolute Gasteiger partial charge is 0.354 e. The number of carbonyl (C=O) groups excluding carboxylic acids is 1. The number of hydrogen-bond acceptors (Lipinski definition) is 2. The van der Waals surface area contributed by atoms with Crippen molar-refractivity contribution in [2.45, 2.75) is 40.2 Å². The zero-order valence-corrected chi connectivity index (χ0v) is 12.4. The summed E-state index contributed by atoms with van der Waals surface area (Å²) in [4.78, 5) is 11.9. The molecule has 0 fully saturated rings. The molecule has 0 bridgehead atoms. The monoisotopic (exact) mass is 262 g/mol. The topological polar surface area (TPSA) is 55.1 Å². The van der Waals surface area contributed by atoms with Crippen molar-refractivity contribution >= 4 is 5.91 Å². The molecule has 0 spiro atoms. The van der Waals surface area contributed by atoms with Crippen LogP contribution in [-0.4, -0.2) is 18.5 Å². The maximum absolute atomic E-state index is 11.9. The molecule has 1 amide bonds. The van der Waals surface area contributed by atoms with Gasteiger partial charge in [-0.25, -0.2) is 0 Å². The number of carbonyl (C=O) groups is 1. The van der Waals surface area contributed by atoms with Crippen LogP contribution in [0.1, 0.15) is 33.3 Å². The highest BCUT2D eigenvalue weighted by atomic mass is 16.2. The summed E-state index contributed by atoms with van der Waals surface area (Å²) in [6.45, 7) is 8.73. The molecule has 0 aliphatic rings. The van der Waals surface area contributed by atoms with Gasteiger partial charge in [0.2, 0.25) is 5.91 Å². The van der Waals surface area contributed by atoms with Gasteiger partial charge in [0, 0.05) is 6.54 Å². The van der Waals surface area contributed by atoms with Gasteiger partial charge in [-0.2, -0.15) is 0 Å².